The molecule has 0 spiro atoms. The van der Waals surface area contributed by atoms with E-state index in [4.69, 9.17) is 0 Å². The lowest BCUT2D eigenvalue weighted by Crippen LogP contribution is -2.32. The van der Waals surface area contributed by atoms with Crippen molar-refractivity contribution in [3.8, 4) is 22.3 Å². The summed E-state index contributed by atoms with van der Waals surface area (Å²) in [6.45, 7) is 0.404. The van der Waals surface area contributed by atoms with Crippen molar-refractivity contribution in [2.24, 2.45) is 0 Å². The normalized spacial score (nSPS) is 15.7. The van der Waals surface area contributed by atoms with E-state index < -0.39 is 0 Å². The van der Waals surface area contributed by atoms with E-state index in [1.165, 1.54) is 44.5 Å². The monoisotopic (exact) mass is 474 g/mol. The van der Waals surface area contributed by atoms with Crippen molar-refractivity contribution in [3.05, 3.63) is 119 Å². The molecule has 0 atom stereocenters. The molecule has 2 N–H and O–H groups in total. The summed E-state index contributed by atoms with van der Waals surface area (Å²) in [5.74, 6) is 0. The highest BCUT2D eigenvalue weighted by Gasteiger charge is 2.47. The van der Waals surface area contributed by atoms with Gasteiger partial charge in [0.2, 0.25) is 0 Å². The van der Waals surface area contributed by atoms with Crippen LogP contribution in [0.15, 0.2) is 97.1 Å². The first kappa shape index (κ1) is 23.2. The van der Waals surface area contributed by atoms with Crippen LogP contribution in [-0.2, 0) is 10.8 Å². The third-order valence-electron chi connectivity index (χ3n) is 8.85. The van der Waals surface area contributed by atoms with Crippen LogP contribution in [0.2, 0.25) is 0 Å². The second-order valence-corrected chi connectivity index (χ2v) is 10.5. The van der Waals surface area contributed by atoms with Gasteiger partial charge < -0.3 is 10.2 Å². The fraction of sp³-hybridized carbons (Fsp3) is 0.294. The number of aliphatic hydroxyl groups is 2. The van der Waals surface area contributed by atoms with Gasteiger partial charge in [0.1, 0.15) is 0 Å². The van der Waals surface area contributed by atoms with Gasteiger partial charge in [-0.1, -0.05) is 97.1 Å². The number of hydrogen-bond acceptors (Lipinski definition) is 2. The Morgan fingerprint density at radius 2 is 0.667 bits per heavy atom. The molecule has 0 saturated carbocycles. The smallest absolute Gasteiger partial charge is 0.0431 e. The minimum absolute atomic E-state index is 0.130. The molecule has 0 heterocycles. The predicted molar refractivity (Wildman–Crippen MR) is 147 cm³/mol. The third kappa shape index (κ3) is 3.39. The van der Waals surface area contributed by atoms with E-state index in [0.717, 1.165) is 38.5 Å². The van der Waals surface area contributed by atoms with E-state index in [-0.39, 0.29) is 24.0 Å². The maximum absolute atomic E-state index is 9.92. The minimum atomic E-state index is -0.130. The van der Waals surface area contributed by atoms with E-state index in [9.17, 15) is 10.2 Å². The summed E-state index contributed by atoms with van der Waals surface area (Å²) in [6.07, 6.45) is 5.40. The van der Waals surface area contributed by atoms with Gasteiger partial charge in [-0.15, -0.1) is 0 Å². The first-order valence-electron chi connectivity index (χ1n) is 13.4. The Bertz CT molecular complexity index is 1190. The van der Waals surface area contributed by atoms with Crippen LogP contribution in [0.3, 0.4) is 0 Å². The Hall–Kier alpha value is -3.20. The van der Waals surface area contributed by atoms with Gasteiger partial charge in [0.25, 0.3) is 0 Å². The van der Waals surface area contributed by atoms with Crippen LogP contribution in [0.5, 0.6) is 0 Å². The Morgan fingerprint density at radius 3 is 0.944 bits per heavy atom. The minimum Gasteiger partial charge on any atom is -0.396 e. The van der Waals surface area contributed by atoms with E-state index in [1.807, 2.05) is 0 Å². The SMILES string of the molecule is OCCCC1(CCC2(CCCO)c3ccccc3-c3ccccc32)c2ccccc2-c2ccccc21. The second-order valence-electron chi connectivity index (χ2n) is 10.5. The van der Waals surface area contributed by atoms with E-state index in [2.05, 4.69) is 97.1 Å². The molecule has 0 radical (unpaired) electrons. The van der Waals surface area contributed by atoms with Gasteiger partial charge in [0, 0.05) is 24.0 Å². The summed E-state index contributed by atoms with van der Waals surface area (Å²) >= 11 is 0. The zero-order chi connectivity index (χ0) is 24.6. The van der Waals surface area contributed by atoms with Gasteiger partial charge >= 0.3 is 0 Å². The van der Waals surface area contributed by atoms with Crippen molar-refractivity contribution in [2.45, 2.75) is 49.4 Å². The van der Waals surface area contributed by atoms with Gasteiger partial charge in [-0.25, -0.2) is 0 Å². The Kier molecular flexibility index (Phi) is 6.03. The highest BCUT2D eigenvalue weighted by Crippen LogP contribution is 2.58. The number of rotatable bonds is 9. The van der Waals surface area contributed by atoms with Gasteiger partial charge in [-0.05, 0) is 83.0 Å². The fourth-order valence-corrected chi connectivity index (χ4v) is 7.35. The summed E-state index contributed by atoms with van der Waals surface area (Å²) in [5, 5.41) is 19.8. The molecule has 0 bridgehead atoms. The highest BCUT2D eigenvalue weighted by atomic mass is 16.3. The summed E-state index contributed by atoms with van der Waals surface area (Å²) < 4.78 is 0. The molecule has 4 aromatic carbocycles. The lowest BCUT2D eigenvalue weighted by Gasteiger charge is -2.39. The van der Waals surface area contributed by atoms with Crippen molar-refractivity contribution in [3.63, 3.8) is 0 Å². The van der Waals surface area contributed by atoms with Crippen molar-refractivity contribution < 1.29 is 10.2 Å². The summed E-state index contributed by atoms with van der Waals surface area (Å²) in [5.41, 5.74) is 10.7. The highest BCUT2D eigenvalue weighted by molar-refractivity contribution is 5.82. The summed E-state index contributed by atoms with van der Waals surface area (Å²) in [7, 11) is 0. The van der Waals surface area contributed by atoms with Crippen LogP contribution in [-0.4, -0.2) is 23.4 Å². The number of hydrogen-bond donors (Lipinski definition) is 2. The van der Waals surface area contributed by atoms with Crippen molar-refractivity contribution in [2.75, 3.05) is 13.2 Å². The molecule has 36 heavy (non-hydrogen) atoms. The Morgan fingerprint density at radius 1 is 0.389 bits per heavy atom. The lowest BCUT2D eigenvalue weighted by molar-refractivity contribution is 0.249. The van der Waals surface area contributed by atoms with Crippen LogP contribution in [0.1, 0.15) is 60.8 Å². The maximum Gasteiger partial charge on any atom is 0.0431 e. The molecule has 2 aliphatic carbocycles. The number of benzene rings is 4. The Balaban J connectivity index is 1.50. The first-order valence-corrected chi connectivity index (χ1v) is 13.4. The Labute approximate surface area is 214 Å². The van der Waals surface area contributed by atoms with Gasteiger partial charge in [-0.3, -0.25) is 0 Å². The number of aliphatic hydroxyl groups excluding tert-OH is 2. The molecule has 0 amide bonds. The summed E-state index contributed by atoms with van der Waals surface area (Å²) in [6, 6.07) is 35.5. The molecular weight excluding hydrogens is 440 g/mol. The van der Waals surface area contributed by atoms with E-state index >= 15 is 0 Å². The predicted octanol–water partition coefficient (Wildman–Crippen LogP) is 7.25. The van der Waals surface area contributed by atoms with E-state index in [0.29, 0.717) is 0 Å². The van der Waals surface area contributed by atoms with E-state index in [1.54, 1.807) is 0 Å². The zero-order valence-corrected chi connectivity index (χ0v) is 20.8. The second kappa shape index (κ2) is 9.35. The molecule has 0 saturated heterocycles. The zero-order valence-electron chi connectivity index (χ0n) is 20.8. The van der Waals surface area contributed by atoms with Crippen molar-refractivity contribution in [1.82, 2.24) is 0 Å². The van der Waals surface area contributed by atoms with Crippen LogP contribution >= 0.6 is 0 Å². The molecule has 0 fully saturated rings. The molecule has 0 unspecified atom stereocenters. The van der Waals surface area contributed by atoms with Crippen LogP contribution in [0.25, 0.3) is 22.3 Å². The van der Waals surface area contributed by atoms with Crippen LogP contribution in [0.4, 0.5) is 0 Å². The van der Waals surface area contributed by atoms with Crippen molar-refractivity contribution in [1.29, 1.82) is 0 Å². The average Bonchev–Trinajstić information content (AvgIpc) is 3.38. The quantitative estimate of drug-likeness (QED) is 0.268. The average molecular weight is 475 g/mol. The third-order valence-corrected chi connectivity index (χ3v) is 8.85. The maximum atomic E-state index is 9.92. The van der Waals surface area contributed by atoms with Gasteiger partial charge in [-0.2, -0.15) is 0 Å². The molecule has 0 aromatic heterocycles. The largest absolute Gasteiger partial charge is 0.396 e. The standard InChI is InChI=1S/C34H34O2/c35-23-9-19-33(29-15-5-1-11-25(29)26-12-2-6-16-30(26)33)21-22-34(20-10-24-36)31-17-7-3-13-27(31)28-14-4-8-18-32(28)34/h1-8,11-18,35-36H,9-10,19-24H2. The molecule has 4 aromatic rings. The fourth-order valence-electron chi connectivity index (χ4n) is 7.35. The molecule has 0 aliphatic heterocycles. The molecule has 6 rings (SSSR count). The first-order chi connectivity index (χ1) is 17.7. The number of fused-ring (bicyclic) bond motifs is 6. The molecule has 182 valence electrons. The lowest BCUT2D eigenvalue weighted by atomic mass is 9.64. The van der Waals surface area contributed by atoms with Crippen LogP contribution < -0.4 is 0 Å². The molecule has 2 heteroatoms. The topological polar surface area (TPSA) is 40.5 Å². The molecular formula is C34H34O2. The molecule has 2 aliphatic rings. The molecule has 2 nitrogen and oxygen atoms in total. The van der Waals surface area contributed by atoms with Gasteiger partial charge in [0.05, 0.1) is 0 Å². The van der Waals surface area contributed by atoms with Gasteiger partial charge in [0.15, 0.2) is 0 Å². The van der Waals surface area contributed by atoms with Crippen LogP contribution in [0, 0.1) is 0 Å². The summed E-state index contributed by atoms with van der Waals surface area (Å²) in [4.78, 5) is 0. The van der Waals surface area contributed by atoms with Crippen molar-refractivity contribution >= 4 is 0 Å².